The monoisotopic (exact) mass is 596 g/mol. The van der Waals surface area contributed by atoms with Crippen molar-refractivity contribution < 1.29 is 24.5 Å². The van der Waals surface area contributed by atoms with Gasteiger partial charge in [-0.25, -0.2) is 0 Å². The number of carboxylic acid groups (broad SMARTS) is 1. The average molecular weight is 597 g/mol. The molecule has 6 rings (SSSR count). The number of carboxylic acids is 1. The first-order valence-corrected chi connectivity index (χ1v) is 15.4. The smallest absolute Gasteiger partial charge is 0.304 e. The van der Waals surface area contributed by atoms with Gasteiger partial charge >= 0.3 is 5.97 Å². The molecule has 0 spiro atoms. The molecule has 230 valence electrons. The molecular formula is C35H40N4O5. The lowest BCUT2D eigenvalue weighted by atomic mass is 9.83. The predicted octanol–water partition coefficient (Wildman–Crippen LogP) is 3.25. The summed E-state index contributed by atoms with van der Waals surface area (Å²) in [6, 6.07) is -0.528. The number of carbonyl (C=O) groups excluding carboxylic acids is 1. The van der Waals surface area contributed by atoms with Crippen molar-refractivity contribution in [3.63, 3.8) is 0 Å². The van der Waals surface area contributed by atoms with Gasteiger partial charge in [-0.3, -0.25) is 19.6 Å². The van der Waals surface area contributed by atoms with E-state index in [0.29, 0.717) is 12.9 Å². The van der Waals surface area contributed by atoms with Crippen LogP contribution in [0.4, 0.5) is 0 Å². The van der Waals surface area contributed by atoms with E-state index in [-0.39, 0.29) is 36.9 Å². The van der Waals surface area contributed by atoms with Crippen LogP contribution in [0.15, 0.2) is 61.9 Å². The molecule has 6 atom stereocenters. The summed E-state index contributed by atoms with van der Waals surface area (Å²) >= 11 is 0. The molecule has 5 heterocycles. The minimum absolute atomic E-state index is 0.0437. The number of aliphatic hydroxyl groups is 1. The molecule has 5 aliphatic rings. The molecule has 1 aliphatic carbocycles. The summed E-state index contributed by atoms with van der Waals surface area (Å²) in [5.41, 5.74) is 10.3. The van der Waals surface area contributed by atoms with E-state index in [2.05, 4.69) is 62.8 Å². The first kappa shape index (κ1) is 29.8. The number of aliphatic imine (C=N–C) groups is 2. The van der Waals surface area contributed by atoms with Crippen molar-refractivity contribution in [3.05, 3.63) is 73.7 Å². The minimum Gasteiger partial charge on any atom is -0.481 e. The van der Waals surface area contributed by atoms with Crippen LogP contribution in [0.5, 0.6) is 0 Å². The Morgan fingerprint density at radius 3 is 2.61 bits per heavy atom. The Hall–Kier alpha value is -4.24. The fourth-order valence-corrected chi connectivity index (χ4v) is 7.77. The molecule has 44 heavy (non-hydrogen) atoms. The second kappa shape index (κ2) is 11.4. The first-order valence-electron chi connectivity index (χ1n) is 15.4. The molecule has 4 aliphatic heterocycles. The summed E-state index contributed by atoms with van der Waals surface area (Å²) in [6.45, 7) is 15.2. The number of hydrogen-bond donors (Lipinski definition) is 4. The van der Waals surface area contributed by atoms with Gasteiger partial charge < -0.3 is 25.3 Å². The van der Waals surface area contributed by atoms with Crippen molar-refractivity contribution in [3.8, 4) is 0 Å². The van der Waals surface area contributed by atoms with Crippen LogP contribution in [0, 0.1) is 24.7 Å². The zero-order valence-corrected chi connectivity index (χ0v) is 25.9. The molecule has 1 aromatic rings. The number of nitrogens with one attached hydrogen (secondary N) is 2. The number of rotatable bonds is 8. The summed E-state index contributed by atoms with van der Waals surface area (Å²) in [4.78, 5) is 37.1. The lowest BCUT2D eigenvalue weighted by Crippen LogP contribution is -2.28. The van der Waals surface area contributed by atoms with Crippen LogP contribution in [0.25, 0.3) is 18.2 Å². The molecule has 0 radical (unpaired) electrons. The lowest BCUT2D eigenvalue weighted by molar-refractivity contribution is -0.138. The van der Waals surface area contributed by atoms with Crippen molar-refractivity contribution in [1.29, 1.82) is 0 Å². The molecule has 8 bridgehead atoms. The first-order chi connectivity index (χ1) is 21.1. The number of carbonyl (C=O) groups is 2. The largest absolute Gasteiger partial charge is 0.481 e. The third kappa shape index (κ3) is 4.65. The highest BCUT2D eigenvalue weighted by atomic mass is 16.5. The van der Waals surface area contributed by atoms with Crippen molar-refractivity contribution >= 4 is 42.1 Å². The van der Waals surface area contributed by atoms with Gasteiger partial charge in [-0.15, -0.1) is 0 Å². The number of allylic oxidation sites excluding steroid dienone is 4. The maximum absolute atomic E-state index is 12.1. The second-order valence-electron chi connectivity index (χ2n) is 12.4. The van der Waals surface area contributed by atoms with Gasteiger partial charge in [0.15, 0.2) is 0 Å². The van der Waals surface area contributed by atoms with Gasteiger partial charge in [-0.2, -0.15) is 0 Å². The number of fused-ring (bicyclic) bond motifs is 5. The Morgan fingerprint density at radius 1 is 1.16 bits per heavy atom. The molecule has 4 N–H and O–H groups in total. The summed E-state index contributed by atoms with van der Waals surface area (Å²) < 4.78 is 5.12. The number of hydrogen-bond acceptors (Lipinski definition) is 7. The standard InChI is InChI=1S/C35H40N4O5/c1-7-20-16(3)24-12-26-18(5)22(9-10-44-15-40)33(38-26)32-23(11-30(41)42)35(43)31-19(6)27(39-34(31)32)14-29-21(8-2)17(4)25(37-29)13-28(20)36-24/h7,12-15,18,22-23,25,34-36,39,43H,1,8-11H2,2-6H3,(H,41,42)/b24-12+,27-14-,28-13-,33-32-. The lowest BCUT2D eigenvalue weighted by Gasteiger charge is -2.24. The van der Waals surface area contributed by atoms with Crippen LogP contribution in [0.2, 0.25) is 0 Å². The van der Waals surface area contributed by atoms with Gasteiger partial charge in [0.05, 0.1) is 36.9 Å². The number of ether oxygens (including phenoxy) is 1. The molecule has 6 unspecified atom stereocenters. The van der Waals surface area contributed by atoms with E-state index in [1.165, 1.54) is 11.1 Å². The Bertz CT molecular complexity index is 1780. The van der Waals surface area contributed by atoms with E-state index >= 15 is 0 Å². The van der Waals surface area contributed by atoms with E-state index in [9.17, 15) is 19.8 Å². The number of nitrogens with zero attached hydrogens (tertiary/aromatic N) is 2. The van der Waals surface area contributed by atoms with Gasteiger partial charge in [0, 0.05) is 51.1 Å². The van der Waals surface area contributed by atoms with Crippen LogP contribution in [-0.2, 0) is 14.3 Å². The molecule has 1 saturated carbocycles. The van der Waals surface area contributed by atoms with Gasteiger partial charge in [0.2, 0.25) is 0 Å². The molecule has 0 amide bonds. The molecule has 9 nitrogen and oxygen atoms in total. The zero-order valence-electron chi connectivity index (χ0n) is 25.9. The van der Waals surface area contributed by atoms with Crippen LogP contribution in [-0.4, -0.2) is 63.9 Å². The van der Waals surface area contributed by atoms with Gasteiger partial charge in [0.25, 0.3) is 6.47 Å². The molecule has 0 saturated heterocycles. The average Bonchev–Trinajstić information content (AvgIpc) is 3.71. The van der Waals surface area contributed by atoms with Gasteiger partial charge in [0.1, 0.15) is 0 Å². The summed E-state index contributed by atoms with van der Waals surface area (Å²) in [5.74, 6) is -1.80. The number of aliphatic carboxylic acids is 1. The van der Waals surface area contributed by atoms with E-state index in [1.807, 2.05) is 13.0 Å². The summed E-state index contributed by atoms with van der Waals surface area (Å²) in [7, 11) is 0. The van der Waals surface area contributed by atoms with Crippen LogP contribution < -0.4 is 16.0 Å². The highest BCUT2D eigenvalue weighted by Gasteiger charge is 2.50. The number of aromatic amines is 1. The maximum atomic E-state index is 12.1. The SMILES string of the molecule is C=Cc1c(C)/c2[nH]/c1=C\C1N=C(/C=C3\NC4C(=C3C)C(O)C(CC(=O)O)/C4=C3N=C(/C=2)C(C)C/3CCOC=O)C(CC)=C1C. The molecule has 1 fully saturated rings. The van der Waals surface area contributed by atoms with E-state index in [0.717, 1.165) is 67.8 Å². The highest BCUT2D eigenvalue weighted by molar-refractivity contribution is 6.14. The van der Waals surface area contributed by atoms with Gasteiger partial charge in [-0.1, -0.05) is 26.5 Å². The van der Waals surface area contributed by atoms with Crippen molar-refractivity contribution in [2.45, 2.75) is 72.1 Å². The Balaban J connectivity index is 1.67. The number of H-pyrrole nitrogens is 1. The molecule has 1 aromatic heterocycles. The van der Waals surface area contributed by atoms with E-state index in [1.54, 1.807) is 0 Å². The van der Waals surface area contributed by atoms with Gasteiger partial charge in [-0.05, 0) is 85.3 Å². The number of aliphatic hydroxyl groups excluding tert-OH is 1. The topological polar surface area (TPSA) is 136 Å². The fraction of sp³-hybridized carbons (Fsp3) is 0.429. The maximum Gasteiger partial charge on any atom is 0.304 e. The second-order valence-corrected chi connectivity index (χ2v) is 12.4. The fourth-order valence-electron chi connectivity index (χ4n) is 7.77. The zero-order chi connectivity index (χ0) is 31.4. The van der Waals surface area contributed by atoms with Crippen molar-refractivity contribution in [1.82, 2.24) is 10.3 Å². The summed E-state index contributed by atoms with van der Waals surface area (Å²) in [5, 5.41) is 27.1. The number of aromatic nitrogens is 1. The minimum atomic E-state index is -0.978. The normalized spacial score (nSPS) is 33.1. The summed E-state index contributed by atoms with van der Waals surface area (Å²) in [6.07, 6.45) is 8.31. The molecule has 9 heteroatoms. The Kier molecular flexibility index (Phi) is 7.70. The van der Waals surface area contributed by atoms with E-state index in [4.69, 9.17) is 14.7 Å². The molecular weight excluding hydrogens is 556 g/mol. The quantitative estimate of drug-likeness (QED) is 0.269. The van der Waals surface area contributed by atoms with Crippen LogP contribution in [0.1, 0.15) is 58.1 Å². The van der Waals surface area contributed by atoms with Crippen LogP contribution in [0.3, 0.4) is 0 Å². The van der Waals surface area contributed by atoms with E-state index < -0.39 is 18.0 Å². The third-order valence-corrected chi connectivity index (χ3v) is 10.2. The third-order valence-electron chi connectivity index (χ3n) is 10.2. The predicted molar refractivity (Wildman–Crippen MR) is 171 cm³/mol. The van der Waals surface area contributed by atoms with Crippen molar-refractivity contribution in [2.24, 2.45) is 27.7 Å². The Morgan fingerprint density at radius 2 is 1.93 bits per heavy atom. The van der Waals surface area contributed by atoms with Crippen molar-refractivity contribution in [2.75, 3.05) is 6.61 Å². The van der Waals surface area contributed by atoms with Crippen LogP contribution >= 0.6 is 0 Å². The Labute approximate surface area is 256 Å². The highest BCUT2D eigenvalue weighted by Crippen LogP contribution is 2.50. The molecule has 0 aromatic carbocycles.